The first kappa shape index (κ1) is 20.8. The molecule has 0 saturated carbocycles. The molecule has 1 aromatic carbocycles. The second-order valence-electron chi connectivity index (χ2n) is 6.12. The van der Waals surface area contributed by atoms with Gasteiger partial charge in [-0.15, -0.1) is 0 Å². The predicted molar refractivity (Wildman–Crippen MR) is 99.8 cm³/mol. The fourth-order valence-corrected chi connectivity index (χ4v) is 3.77. The molecule has 0 aliphatic carbocycles. The molecule has 2 rings (SSSR count). The summed E-state index contributed by atoms with van der Waals surface area (Å²) in [5, 5.41) is 6.16. The van der Waals surface area contributed by atoms with E-state index in [2.05, 4.69) is 20.3 Å². The summed E-state index contributed by atoms with van der Waals surface area (Å²) >= 11 is 0. The first-order chi connectivity index (χ1) is 12.5. The van der Waals surface area contributed by atoms with E-state index in [0.29, 0.717) is 12.1 Å². The van der Waals surface area contributed by atoms with Crippen LogP contribution in [0.2, 0.25) is 0 Å². The van der Waals surface area contributed by atoms with Gasteiger partial charge in [0.15, 0.2) is 0 Å². The Balaban J connectivity index is 1.83. The van der Waals surface area contributed by atoms with Gasteiger partial charge in [0.25, 0.3) is 5.91 Å². The highest BCUT2D eigenvalue weighted by molar-refractivity contribution is 7.89. The predicted octanol–water partition coefficient (Wildman–Crippen LogP) is -0.364. The summed E-state index contributed by atoms with van der Waals surface area (Å²) in [4.78, 5) is 14.7. The molecular weight excluding hydrogens is 356 g/mol. The Kier molecular flexibility index (Phi) is 8.46. The van der Waals surface area contributed by atoms with E-state index < -0.39 is 10.0 Å². The van der Waals surface area contributed by atoms with Crippen molar-refractivity contribution in [3.8, 4) is 0 Å². The van der Waals surface area contributed by atoms with Gasteiger partial charge in [0.2, 0.25) is 10.0 Å². The van der Waals surface area contributed by atoms with Crippen LogP contribution in [0.3, 0.4) is 0 Å². The van der Waals surface area contributed by atoms with Crippen LogP contribution in [-0.4, -0.2) is 78.8 Å². The molecule has 0 atom stereocenters. The van der Waals surface area contributed by atoms with E-state index >= 15 is 0 Å². The maximum Gasteiger partial charge on any atom is 0.251 e. The monoisotopic (exact) mass is 384 g/mol. The first-order valence-corrected chi connectivity index (χ1v) is 10.3. The third-order valence-corrected chi connectivity index (χ3v) is 5.61. The van der Waals surface area contributed by atoms with Crippen LogP contribution in [0.5, 0.6) is 0 Å². The van der Waals surface area contributed by atoms with Gasteiger partial charge in [0.05, 0.1) is 11.5 Å². The van der Waals surface area contributed by atoms with Gasteiger partial charge in [-0.25, -0.2) is 13.1 Å². The van der Waals surface area contributed by atoms with Crippen LogP contribution in [-0.2, 0) is 14.8 Å². The van der Waals surface area contributed by atoms with E-state index in [1.807, 2.05) is 0 Å². The van der Waals surface area contributed by atoms with Crippen molar-refractivity contribution in [1.29, 1.82) is 0 Å². The molecule has 0 bridgehead atoms. The molecule has 0 radical (unpaired) electrons. The number of nitrogens with one attached hydrogen (secondary N) is 3. The SMILES string of the molecule is COCCNS(=O)(=O)c1cccc(C(=O)NCCCN2CCNCC2)c1. The molecule has 0 aromatic heterocycles. The van der Waals surface area contributed by atoms with E-state index in [0.717, 1.165) is 39.1 Å². The van der Waals surface area contributed by atoms with Crippen molar-refractivity contribution < 1.29 is 17.9 Å². The van der Waals surface area contributed by atoms with E-state index in [-0.39, 0.29) is 24.0 Å². The quantitative estimate of drug-likeness (QED) is 0.476. The fourth-order valence-electron chi connectivity index (χ4n) is 2.71. The van der Waals surface area contributed by atoms with Crippen LogP contribution >= 0.6 is 0 Å². The zero-order chi connectivity index (χ0) is 18.8. The molecule has 0 unspecified atom stereocenters. The van der Waals surface area contributed by atoms with E-state index in [4.69, 9.17) is 4.74 Å². The normalized spacial score (nSPS) is 15.7. The minimum absolute atomic E-state index is 0.0714. The van der Waals surface area contributed by atoms with Crippen LogP contribution in [0.1, 0.15) is 16.8 Å². The molecule has 1 aromatic rings. The van der Waals surface area contributed by atoms with Gasteiger partial charge < -0.3 is 20.3 Å². The molecule has 3 N–H and O–H groups in total. The van der Waals surface area contributed by atoms with Gasteiger partial charge in [-0.05, 0) is 31.2 Å². The highest BCUT2D eigenvalue weighted by Crippen LogP contribution is 2.11. The molecule has 1 saturated heterocycles. The Labute approximate surface area is 155 Å². The Morgan fingerprint density at radius 2 is 2.04 bits per heavy atom. The molecule has 1 amide bonds. The number of hydrogen-bond donors (Lipinski definition) is 3. The van der Waals surface area contributed by atoms with Crippen molar-refractivity contribution in [2.75, 3.05) is 59.5 Å². The average Bonchev–Trinajstić information content (AvgIpc) is 2.66. The molecule has 1 fully saturated rings. The van der Waals surface area contributed by atoms with Crippen molar-refractivity contribution in [2.45, 2.75) is 11.3 Å². The first-order valence-electron chi connectivity index (χ1n) is 8.83. The molecular formula is C17H28N4O4S. The number of sulfonamides is 1. The van der Waals surface area contributed by atoms with Gasteiger partial charge >= 0.3 is 0 Å². The van der Waals surface area contributed by atoms with Crippen molar-refractivity contribution in [3.05, 3.63) is 29.8 Å². The number of rotatable bonds is 10. The number of amides is 1. The average molecular weight is 385 g/mol. The summed E-state index contributed by atoms with van der Waals surface area (Å²) in [6.07, 6.45) is 0.863. The van der Waals surface area contributed by atoms with Gasteiger partial charge in [-0.3, -0.25) is 4.79 Å². The fraction of sp³-hybridized carbons (Fsp3) is 0.588. The summed E-state index contributed by atoms with van der Waals surface area (Å²) in [6.45, 7) is 6.05. The van der Waals surface area contributed by atoms with Crippen molar-refractivity contribution >= 4 is 15.9 Å². The molecule has 1 aliphatic heterocycles. The zero-order valence-corrected chi connectivity index (χ0v) is 16.0. The lowest BCUT2D eigenvalue weighted by molar-refractivity contribution is 0.0951. The van der Waals surface area contributed by atoms with Crippen LogP contribution in [0.4, 0.5) is 0 Å². The van der Waals surface area contributed by atoms with Gasteiger partial charge in [-0.1, -0.05) is 6.07 Å². The van der Waals surface area contributed by atoms with Gasteiger partial charge in [0, 0.05) is 51.9 Å². The number of carbonyl (C=O) groups is 1. The summed E-state index contributed by atoms with van der Waals surface area (Å²) in [7, 11) is -2.15. The minimum atomic E-state index is -3.65. The van der Waals surface area contributed by atoms with Crippen molar-refractivity contribution in [3.63, 3.8) is 0 Å². The topological polar surface area (TPSA) is 99.8 Å². The lowest BCUT2D eigenvalue weighted by Gasteiger charge is -2.27. The van der Waals surface area contributed by atoms with Crippen LogP contribution in [0.25, 0.3) is 0 Å². The Morgan fingerprint density at radius 1 is 1.27 bits per heavy atom. The third-order valence-electron chi connectivity index (χ3n) is 4.15. The van der Waals surface area contributed by atoms with Crippen LogP contribution < -0.4 is 15.4 Å². The molecule has 1 heterocycles. The number of carbonyl (C=O) groups excluding carboxylic acids is 1. The molecule has 146 valence electrons. The summed E-state index contributed by atoms with van der Waals surface area (Å²) in [6, 6.07) is 6.04. The lowest BCUT2D eigenvalue weighted by atomic mass is 10.2. The third kappa shape index (κ3) is 6.65. The molecule has 26 heavy (non-hydrogen) atoms. The minimum Gasteiger partial charge on any atom is -0.383 e. The number of nitrogens with zero attached hydrogens (tertiary/aromatic N) is 1. The number of hydrogen-bond acceptors (Lipinski definition) is 6. The van der Waals surface area contributed by atoms with Crippen LogP contribution in [0.15, 0.2) is 29.2 Å². The number of ether oxygens (including phenoxy) is 1. The standard InChI is InChI=1S/C17H28N4O4S/c1-25-13-9-20-26(23,24)16-5-2-4-15(14-16)17(22)19-6-3-10-21-11-7-18-8-12-21/h2,4-5,14,18,20H,3,6-13H2,1H3,(H,19,22). The van der Waals surface area contributed by atoms with Crippen molar-refractivity contribution in [1.82, 2.24) is 20.3 Å². The lowest BCUT2D eigenvalue weighted by Crippen LogP contribution is -2.44. The Bertz CT molecular complexity index is 675. The number of piperazine rings is 1. The maximum atomic E-state index is 12.3. The van der Waals surface area contributed by atoms with Crippen LogP contribution in [0, 0.1) is 0 Å². The number of benzene rings is 1. The summed E-state index contributed by atoms with van der Waals surface area (Å²) in [5.41, 5.74) is 0.335. The summed E-state index contributed by atoms with van der Waals surface area (Å²) in [5.74, 6) is -0.265. The van der Waals surface area contributed by atoms with E-state index in [1.165, 1.54) is 19.2 Å². The molecule has 8 nitrogen and oxygen atoms in total. The summed E-state index contributed by atoms with van der Waals surface area (Å²) < 4.78 is 31.7. The highest BCUT2D eigenvalue weighted by Gasteiger charge is 2.16. The van der Waals surface area contributed by atoms with Gasteiger partial charge in [0.1, 0.15) is 0 Å². The van der Waals surface area contributed by atoms with E-state index in [1.54, 1.807) is 12.1 Å². The molecule has 0 spiro atoms. The Morgan fingerprint density at radius 3 is 2.77 bits per heavy atom. The Hall–Kier alpha value is -1.52. The second kappa shape index (κ2) is 10.6. The number of methoxy groups -OCH3 is 1. The zero-order valence-electron chi connectivity index (χ0n) is 15.2. The molecule has 9 heteroatoms. The van der Waals surface area contributed by atoms with Crippen molar-refractivity contribution in [2.24, 2.45) is 0 Å². The highest BCUT2D eigenvalue weighted by atomic mass is 32.2. The maximum absolute atomic E-state index is 12.3. The van der Waals surface area contributed by atoms with E-state index in [9.17, 15) is 13.2 Å². The second-order valence-corrected chi connectivity index (χ2v) is 7.89. The molecule has 1 aliphatic rings. The largest absolute Gasteiger partial charge is 0.383 e. The smallest absolute Gasteiger partial charge is 0.251 e. The van der Waals surface area contributed by atoms with Gasteiger partial charge in [-0.2, -0.15) is 0 Å².